The van der Waals surface area contributed by atoms with E-state index in [2.05, 4.69) is 22.5 Å². The molecule has 2 N–H and O–H groups in total. The van der Waals surface area contributed by atoms with Crippen molar-refractivity contribution in [2.45, 2.75) is 52.4 Å². The number of halogens is 2. The van der Waals surface area contributed by atoms with E-state index in [0.717, 1.165) is 19.5 Å². The summed E-state index contributed by atoms with van der Waals surface area (Å²) in [5, 5.41) is 7.54. The fraction of sp³-hybridized carbons (Fsp3) is 0.667. The van der Waals surface area contributed by atoms with Crippen molar-refractivity contribution in [3.8, 4) is 0 Å². The van der Waals surface area contributed by atoms with E-state index in [0.29, 0.717) is 21.7 Å². The number of hydrogen-bond donors (Lipinski definition) is 2. The van der Waals surface area contributed by atoms with Gasteiger partial charge in [0.25, 0.3) is 0 Å². The highest BCUT2D eigenvalue weighted by Gasteiger charge is 2.08. The Bertz CT molecular complexity index is 397. The Balaban J connectivity index is 2.37. The summed E-state index contributed by atoms with van der Waals surface area (Å²) >= 11 is 12.2. The van der Waals surface area contributed by atoms with E-state index in [9.17, 15) is 0 Å². The third kappa shape index (κ3) is 6.19. The topological polar surface area (TPSA) is 37.0 Å². The van der Waals surface area contributed by atoms with Crippen molar-refractivity contribution in [2.75, 3.05) is 23.7 Å². The zero-order valence-corrected chi connectivity index (χ0v) is 13.9. The molecule has 5 heteroatoms. The van der Waals surface area contributed by atoms with Crippen molar-refractivity contribution in [1.82, 2.24) is 4.98 Å². The fourth-order valence-electron chi connectivity index (χ4n) is 1.99. The Hall–Kier alpha value is -0.670. The standard InChI is InChI=1S/C15H25Cl2N3/c1-3-5-6-7-8-9-10-19-15-13(17)11-12(16)14(20-15)18-4-2/h11H,3-10H2,1-2H3,(H2,18,19,20). The molecule has 0 radical (unpaired) electrons. The van der Waals surface area contributed by atoms with Gasteiger partial charge in [0.2, 0.25) is 0 Å². The van der Waals surface area contributed by atoms with E-state index in [1.165, 1.54) is 32.1 Å². The molecule has 3 nitrogen and oxygen atoms in total. The lowest BCUT2D eigenvalue weighted by atomic mass is 10.1. The van der Waals surface area contributed by atoms with E-state index < -0.39 is 0 Å². The van der Waals surface area contributed by atoms with Crippen molar-refractivity contribution in [3.63, 3.8) is 0 Å². The molecule has 0 aromatic carbocycles. The van der Waals surface area contributed by atoms with Gasteiger partial charge in [-0.3, -0.25) is 0 Å². The van der Waals surface area contributed by atoms with Gasteiger partial charge in [-0.25, -0.2) is 4.98 Å². The molecule has 0 bridgehead atoms. The molecular weight excluding hydrogens is 293 g/mol. The Morgan fingerprint density at radius 1 is 0.900 bits per heavy atom. The van der Waals surface area contributed by atoms with Gasteiger partial charge in [-0.05, 0) is 19.4 Å². The predicted molar refractivity (Wildman–Crippen MR) is 90.3 cm³/mol. The van der Waals surface area contributed by atoms with Crippen LogP contribution in [0.2, 0.25) is 10.0 Å². The van der Waals surface area contributed by atoms with Crippen LogP contribution in [0.3, 0.4) is 0 Å². The highest BCUT2D eigenvalue weighted by molar-refractivity contribution is 6.37. The maximum absolute atomic E-state index is 6.15. The summed E-state index contributed by atoms with van der Waals surface area (Å²) in [5.41, 5.74) is 0. The Morgan fingerprint density at radius 3 is 2.15 bits per heavy atom. The zero-order valence-electron chi connectivity index (χ0n) is 12.4. The van der Waals surface area contributed by atoms with E-state index >= 15 is 0 Å². The van der Waals surface area contributed by atoms with E-state index in [1.807, 2.05) is 6.92 Å². The number of rotatable bonds is 10. The van der Waals surface area contributed by atoms with Gasteiger partial charge >= 0.3 is 0 Å². The van der Waals surface area contributed by atoms with Gasteiger partial charge < -0.3 is 10.6 Å². The molecule has 0 atom stereocenters. The number of anilines is 2. The average Bonchev–Trinajstić information content (AvgIpc) is 2.42. The van der Waals surface area contributed by atoms with Crippen LogP contribution in [-0.4, -0.2) is 18.1 Å². The molecule has 1 rings (SSSR count). The Labute approximate surface area is 132 Å². The van der Waals surface area contributed by atoms with Crippen molar-refractivity contribution < 1.29 is 0 Å². The summed E-state index contributed by atoms with van der Waals surface area (Å²) < 4.78 is 0. The number of nitrogens with zero attached hydrogens (tertiary/aromatic N) is 1. The highest BCUT2D eigenvalue weighted by Crippen LogP contribution is 2.29. The molecule has 1 aromatic heterocycles. The van der Waals surface area contributed by atoms with Gasteiger partial charge in [-0.1, -0.05) is 62.2 Å². The molecule has 1 aromatic rings. The summed E-state index contributed by atoms with van der Waals surface area (Å²) in [6.45, 7) is 5.92. The molecule has 0 aliphatic heterocycles. The van der Waals surface area contributed by atoms with Crippen LogP contribution in [0.15, 0.2) is 6.07 Å². The Kier molecular flexibility index (Phi) is 8.79. The van der Waals surface area contributed by atoms with E-state index in [-0.39, 0.29) is 0 Å². The lowest BCUT2D eigenvalue weighted by molar-refractivity contribution is 0.617. The number of hydrogen-bond acceptors (Lipinski definition) is 3. The second-order valence-corrected chi connectivity index (χ2v) is 5.69. The quantitative estimate of drug-likeness (QED) is 0.552. The Morgan fingerprint density at radius 2 is 1.50 bits per heavy atom. The second kappa shape index (κ2) is 10.1. The van der Waals surface area contributed by atoms with Gasteiger partial charge in [-0.2, -0.15) is 0 Å². The van der Waals surface area contributed by atoms with Crippen molar-refractivity contribution in [2.24, 2.45) is 0 Å². The maximum atomic E-state index is 6.15. The summed E-state index contributed by atoms with van der Waals surface area (Å²) in [5.74, 6) is 1.39. The number of unbranched alkanes of at least 4 members (excludes halogenated alkanes) is 5. The molecule has 0 amide bonds. The maximum Gasteiger partial charge on any atom is 0.147 e. The molecule has 0 fully saturated rings. The minimum absolute atomic E-state index is 0.557. The SMILES string of the molecule is CCCCCCCCNc1nc(NCC)c(Cl)cc1Cl. The normalized spacial score (nSPS) is 10.6. The molecule has 0 spiro atoms. The third-order valence-corrected chi connectivity index (χ3v) is 3.67. The summed E-state index contributed by atoms with van der Waals surface area (Å²) in [7, 11) is 0. The van der Waals surface area contributed by atoms with Gasteiger partial charge in [0.05, 0.1) is 10.0 Å². The third-order valence-electron chi connectivity index (χ3n) is 3.10. The second-order valence-electron chi connectivity index (χ2n) is 4.87. The van der Waals surface area contributed by atoms with Crippen molar-refractivity contribution in [3.05, 3.63) is 16.1 Å². The van der Waals surface area contributed by atoms with Gasteiger partial charge in [0.1, 0.15) is 11.6 Å². The summed E-state index contributed by atoms with van der Waals surface area (Å²) in [6.07, 6.45) is 7.65. The molecule has 114 valence electrons. The summed E-state index contributed by atoms with van der Waals surface area (Å²) in [6, 6.07) is 1.73. The molecule has 0 saturated carbocycles. The number of nitrogens with one attached hydrogen (secondary N) is 2. The summed E-state index contributed by atoms with van der Waals surface area (Å²) in [4.78, 5) is 4.42. The minimum Gasteiger partial charge on any atom is -0.369 e. The van der Waals surface area contributed by atoms with Crippen molar-refractivity contribution in [1.29, 1.82) is 0 Å². The molecular formula is C15H25Cl2N3. The van der Waals surface area contributed by atoms with Gasteiger partial charge in [0.15, 0.2) is 0 Å². The average molecular weight is 318 g/mol. The van der Waals surface area contributed by atoms with Crippen LogP contribution in [-0.2, 0) is 0 Å². The molecule has 0 unspecified atom stereocenters. The minimum atomic E-state index is 0.557. The van der Waals surface area contributed by atoms with Crippen LogP contribution >= 0.6 is 23.2 Å². The van der Waals surface area contributed by atoms with Gasteiger partial charge in [0, 0.05) is 13.1 Å². The van der Waals surface area contributed by atoms with E-state index in [1.54, 1.807) is 6.07 Å². The molecule has 20 heavy (non-hydrogen) atoms. The van der Waals surface area contributed by atoms with Crippen LogP contribution in [0, 0.1) is 0 Å². The fourth-order valence-corrected chi connectivity index (χ4v) is 2.49. The first-order valence-electron chi connectivity index (χ1n) is 7.52. The van der Waals surface area contributed by atoms with E-state index in [4.69, 9.17) is 23.2 Å². The first-order chi connectivity index (χ1) is 9.69. The lowest BCUT2D eigenvalue weighted by Gasteiger charge is -2.11. The monoisotopic (exact) mass is 317 g/mol. The first-order valence-corrected chi connectivity index (χ1v) is 8.28. The first kappa shape index (κ1) is 17.4. The smallest absolute Gasteiger partial charge is 0.147 e. The lowest BCUT2D eigenvalue weighted by Crippen LogP contribution is -2.07. The van der Waals surface area contributed by atoms with Crippen LogP contribution < -0.4 is 10.6 Å². The highest BCUT2D eigenvalue weighted by atomic mass is 35.5. The molecule has 0 aliphatic carbocycles. The van der Waals surface area contributed by atoms with Crippen LogP contribution in [0.5, 0.6) is 0 Å². The zero-order chi connectivity index (χ0) is 14.8. The van der Waals surface area contributed by atoms with Crippen LogP contribution in [0.4, 0.5) is 11.6 Å². The van der Waals surface area contributed by atoms with Crippen LogP contribution in [0.25, 0.3) is 0 Å². The van der Waals surface area contributed by atoms with Gasteiger partial charge in [-0.15, -0.1) is 0 Å². The van der Waals surface area contributed by atoms with Crippen LogP contribution in [0.1, 0.15) is 52.4 Å². The molecule has 0 saturated heterocycles. The molecule has 0 aliphatic rings. The van der Waals surface area contributed by atoms with Crippen molar-refractivity contribution >= 4 is 34.8 Å². The predicted octanol–water partition coefficient (Wildman–Crippen LogP) is 5.59. The number of pyridine rings is 1. The largest absolute Gasteiger partial charge is 0.369 e. The number of aromatic nitrogens is 1. The molecule has 1 heterocycles.